The number of aromatic nitrogens is 3. The maximum absolute atomic E-state index is 13.6. The average molecular weight is 286 g/mol. The molecule has 0 saturated heterocycles. The Bertz CT molecular complexity index is 627. The van der Waals surface area contributed by atoms with Gasteiger partial charge in [-0.1, -0.05) is 11.6 Å². The van der Waals surface area contributed by atoms with E-state index in [2.05, 4.69) is 10.1 Å². The molecule has 0 spiro atoms. The first kappa shape index (κ1) is 13.6. The molecule has 1 aromatic carbocycles. The average Bonchev–Trinajstić information content (AvgIpc) is 2.80. The van der Waals surface area contributed by atoms with Crippen LogP contribution in [0.2, 0.25) is 5.02 Å². The number of halogens is 3. The fourth-order valence-corrected chi connectivity index (χ4v) is 1.81. The van der Waals surface area contributed by atoms with Crippen LogP contribution in [0, 0.1) is 11.6 Å². The fourth-order valence-electron chi connectivity index (χ4n) is 1.66. The van der Waals surface area contributed by atoms with Crippen molar-refractivity contribution in [3.05, 3.63) is 46.5 Å². The van der Waals surface area contributed by atoms with Crippen LogP contribution < -0.4 is 0 Å². The van der Waals surface area contributed by atoms with Crippen molar-refractivity contribution in [1.29, 1.82) is 0 Å². The molecule has 100 valence electrons. The fraction of sp³-hybridized carbons (Fsp3) is 0.250. The molecule has 4 nitrogen and oxygen atoms in total. The minimum Gasteiger partial charge on any atom is -0.294 e. The number of hydrogen-bond acceptors (Lipinski definition) is 3. The molecular formula is C12H10ClF2N3O. The summed E-state index contributed by atoms with van der Waals surface area (Å²) in [4.78, 5) is 15.8. The van der Waals surface area contributed by atoms with Gasteiger partial charge in [0.1, 0.15) is 23.8 Å². The summed E-state index contributed by atoms with van der Waals surface area (Å²) in [5.41, 5.74) is -0.340. The van der Waals surface area contributed by atoms with Gasteiger partial charge in [-0.3, -0.25) is 4.79 Å². The highest BCUT2D eigenvalue weighted by Gasteiger charge is 2.18. The van der Waals surface area contributed by atoms with E-state index in [1.54, 1.807) is 0 Å². The van der Waals surface area contributed by atoms with E-state index >= 15 is 0 Å². The Kier molecular flexibility index (Phi) is 3.90. The Morgan fingerprint density at radius 3 is 2.79 bits per heavy atom. The van der Waals surface area contributed by atoms with Gasteiger partial charge in [0.2, 0.25) is 0 Å². The summed E-state index contributed by atoms with van der Waals surface area (Å²) in [7, 11) is 0. The van der Waals surface area contributed by atoms with Crippen LogP contribution in [-0.2, 0) is 13.0 Å². The molecule has 0 N–H and O–H groups in total. The zero-order chi connectivity index (χ0) is 14.0. The molecule has 0 aliphatic carbocycles. The van der Waals surface area contributed by atoms with Crippen molar-refractivity contribution < 1.29 is 13.6 Å². The molecule has 0 amide bonds. The van der Waals surface area contributed by atoms with Crippen LogP contribution in [-0.4, -0.2) is 20.5 Å². The number of carbonyl (C=O) groups excluding carboxylic acids is 1. The molecule has 0 unspecified atom stereocenters. The minimum absolute atomic E-state index is 0.147. The number of benzene rings is 1. The van der Waals surface area contributed by atoms with Crippen LogP contribution in [0.3, 0.4) is 0 Å². The predicted molar refractivity (Wildman–Crippen MR) is 65.1 cm³/mol. The van der Waals surface area contributed by atoms with Crippen molar-refractivity contribution in [2.45, 2.75) is 19.9 Å². The van der Waals surface area contributed by atoms with E-state index in [-0.39, 0.29) is 17.0 Å². The minimum atomic E-state index is -0.848. The van der Waals surface area contributed by atoms with E-state index in [1.165, 1.54) is 11.0 Å². The van der Waals surface area contributed by atoms with Gasteiger partial charge in [-0.05, 0) is 19.1 Å². The van der Waals surface area contributed by atoms with Gasteiger partial charge >= 0.3 is 0 Å². The van der Waals surface area contributed by atoms with Crippen LogP contribution in [0.15, 0.2) is 18.5 Å². The summed E-state index contributed by atoms with van der Waals surface area (Å²) in [6, 6.07) is 1.58. The van der Waals surface area contributed by atoms with Crippen molar-refractivity contribution >= 4 is 17.4 Å². The van der Waals surface area contributed by atoms with Crippen molar-refractivity contribution in [3.63, 3.8) is 0 Å². The smallest absolute Gasteiger partial charge is 0.173 e. The standard InChI is InChI=1S/C12H10ClF2N3O/c1-2-18-12(16-6-17-18)5-11(19)7-3-10(15)8(13)4-9(7)14/h3-4,6H,2,5H2,1H3. The van der Waals surface area contributed by atoms with Gasteiger partial charge in [0.05, 0.1) is 17.0 Å². The van der Waals surface area contributed by atoms with E-state index < -0.39 is 17.4 Å². The summed E-state index contributed by atoms with van der Waals surface area (Å²) in [5.74, 6) is -1.85. The lowest BCUT2D eigenvalue weighted by Gasteiger charge is -2.05. The van der Waals surface area contributed by atoms with E-state index in [9.17, 15) is 13.6 Å². The number of hydrogen-bond donors (Lipinski definition) is 0. The molecule has 0 radical (unpaired) electrons. The first-order valence-corrected chi connectivity index (χ1v) is 5.95. The number of ketones is 1. The van der Waals surface area contributed by atoms with Crippen molar-refractivity contribution in [1.82, 2.24) is 14.8 Å². The number of aryl methyl sites for hydroxylation is 1. The molecule has 0 aliphatic rings. The molecule has 1 aromatic heterocycles. The van der Waals surface area contributed by atoms with Crippen molar-refractivity contribution in [2.24, 2.45) is 0 Å². The third kappa shape index (κ3) is 2.78. The normalized spacial score (nSPS) is 10.7. The Balaban J connectivity index is 2.28. The summed E-state index contributed by atoms with van der Waals surface area (Å²) < 4.78 is 28.4. The first-order chi connectivity index (χ1) is 9.02. The highest BCUT2D eigenvalue weighted by Crippen LogP contribution is 2.20. The Hall–Kier alpha value is -1.82. The van der Waals surface area contributed by atoms with E-state index in [0.29, 0.717) is 12.4 Å². The SMILES string of the molecule is CCn1ncnc1CC(=O)c1cc(F)c(Cl)cc1F. The molecule has 0 fully saturated rings. The van der Waals surface area contributed by atoms with Gasteiger partial charge in [0.25, 0.3) is 0 Å². The molecule has 0 aliphatic heterocycles. The lowest BCUT2D eigenvalue weighted by molar-refractivity contribution is 0.0985. The molecule has 2 rings (SSSR count). The van der Waals surface area contributed by atoms with Gasteiger partial charge in [0.15, 0.2) is 5.78 Å². The second-order valence-electron chi connectivity index (χ2n) is 3.84. The highest BCUT2D eigenvalue weighted by atomic mass is 35.5. The molecule has 19 heavy (non-hydrogen) atoms. The predicted octanol–water partition coefficient (Wildman–Crippen LogP) is 2.66. The van der Waals surface area contributed by atoms with Crippen LogP contribution in [0.25, 0.3) is 0 Å². The lowest BCUT2D eigenvalue weighted by atomic mass is 10.1. The van der Waals surface area contributed by atoms with E-state index in [0.717, 1.165) is 12.1 Å². The molecule has 0 bridgehead atoms. The van der Waals surface area contributed by atoms with Crippen LogP contribution >= 0.6 is 11.6 Å². The summed E-state index contributed by atoms with van der Waals surface area (Å²) in [5, 5.41) is 3.54. The second-order valence-corrected chi connectivity index (χ2v) is 4.25. The first-order valence-electron chi connectivity index (χ1n) is 5.57. The number of rotatable bonds is 4. The van der Waals surface area contributed by atoms with Crippen LogP contribution in [0.4, 0.5) is 8.78 Å². The van der Waals surface area contributed by atoms with Gasteiger partial charge in [-0.15, -0.1) is 0 Å². The number of nitrogens with zero attached hydrogens (tertiary/aromatic N) is 3. The maximum Gasteiger partial charge on any atom is 0.173 e. The molecular weight excluding hydrogens is 276 g/mol. The summed E-state index contributed by atoms with van der Waals surface area (Å²) >= 11 is 5.43. The zero-order valence-corrected chi connectivity index (χ0v) is 10.8. The number of carbonyl (C=O) groups is 1. The van der Waals surface area contributed by atoms with Crippen molar-refractivity contribution in [3.8, 4) is 0 Å². The molecule has 2 aromatic rings. The lowest BCUT2D eigenvalue weighted by Crippen LogP contribution is -2.12. The van der Waals surface area contributed by atoms with Crippen LogP contribution in [0.5, 0.6) is 0 Å². The van der Waals surface area contributed by atoms with E-state index in [1.807, 2.05) is 6.92 Å². The number of Topliss-reactive ketones (excluding diaryl/α,β-unsaturated/α-hetero) is 1. The van der Waals surface area contributed by atoms with Crippen LogP contribution in [0.1, 0.15) is 23.1 Å². The Morgan fingerprint density at radius 2 is 2.11 bits per heavy atom. The summed E-state index contributed by atoms with van der Waals surface area (Å²) in [6.07, 6.45) is 1.16. The Labute approximate surface area is 113 Å². The van der Waals surface area contributed by atoms with Gasteiger partial charge < -0.3 is 0 Å². The quantitative estimate of drug-likeness (QED) is 0.641. The molecule has 7 heteroatoms. The van der Waals surface area contributed by atoms with Crippen molar-refractivity contribution in [2.75, 3.05) is 0 Å². The highest BCUT2D eigenvalue weighted by molar-refractivity contribution is 6.30. The summed E-state index contributed by atoms with van der Waals surface area (Å²) in [6.45, 7) is 2.38. The topological polar surface area (TPSA) is 47.8 Å². The second kappa shape index (κ2) is 5.44. The Morgan fingerprint density at radius 1 is 1.37 bits per heavy atom. The van der Waals surface area contributed by atoms with Gasteiger partial charge in [0, 0.05) is 6.54 Å². The monoisotopic (exact) mass is 285 g/mol. The largest absolute Gasteiger partial charge is 0.294 e. The molecule has 1 heterocycles. The molecule has 0 atom stereocenters. The third-order valence-corrected chi connectivity index (χ3v) is 2.91. The van der Waals surface area contributed by atoms with E-state index in [4.69, 9.17) is 11.6 Å². The van der Waals surface area contributed by atoms with Gasteiger partial charge in [-0.2, -0.15) is 5.10 Å². The maximum atomic E-state index is 13.6. The zero-order valence-electron chi connectivity index (χ0n) is 10.0. The van der Waals surface area contributed by atoms with Gasteiger partial charge in [-0.25, -0.2) is 18.4 Å². The third-order valence-electron chi connectivity index (χ3n) is 2.62. The molecule has 0 saturated carbocycles.